The predicted octanol–water partition coefficient (Wildman–Crippen LogP) is 3.65. The predicted molar refractivity (Wildman–Crippen MR) is 75.6 cm³/mol. The molecule has 0 spiro atoms. The summed E-state index contributed by atoms with van der Waals surface area (Å²) in [5, 5.41) is 0.468. The van der Waals surface area contributed by atoms with E-state index >= 15 is 0 Å². The van der Waals surface area contributed by atoms with Gasteiger partial charge in [-0.1, -0.05) is 31.2 Å². The molecule has 1 aliphatic rings. The summed E-state index contributed by atoms with van der Waals surface area (Å²) in [6, 6.07) is 8.30. The number of ether oxygens (including phenoxy) is 1. The molecule has 2 aromatic rings. The molecule has 3 nitrogen and oxygen atoms in total. The van der Waals surface area contributed by atoms with E-state index in [1.807, 2.05) is 13.0 Å². The Kier molecular flexibility index (Phi) is 3.11. The lowest BCUT2D eigenvalue weighted by Crippen LogP contribution is -2.06. The quantitative estimate of drug-likeness (QED) is 0.784. The molecule has 1 aromatic heterocycles. The van der Waals surface area contributed by atoms with Crippen molar-refractivity contribution in [1.82, 2.24) is 4.98 Å². The smallest absolute Gasteiger partial charge is 0.367 e. The normalized spacial score (nSPS) is 16.6. The van der Waals surface area contributed by atoms with E-state index in [0.717, 1.165) is 17.7 Å². The van der Waals surface area contributed by atoms with E-state index in [-0.39, 0.29) is 5.97 Å². The van der Waals surface area contributed by atoms with E-state index < -0.39 is 0 Å². The first-order valence-corrected chi connectivity index (χ1v) is 7.28. The van der Waals surface area contributed by atoms with E-state index in [1.54, 1.807) is 0 Å². The minimum Gasteiger partial charge on any atom is -0.461 e. The molecule has 1 aliphatic carbocycles. The molecular weight excluding hydrogens is 258 g/mol. The highest BCUT2D eigenvalue weighted by Gasteiger charge is 2.27. The summed E-state index contributed by atoms with van der Waals surface area (Å²) in [6.07, 6.45) is 0.948. The zero-order valence-electron chi connectivity index (χ0n) is 11.0. The summed E-state index contributed by atoms with van der Waals surface area (Å²) in [7, 11) is 0. The second-order valence-corrected chi connectivity index (χ2v) is 5.79. The van der Waals surface area contributed by atoms with Crippen molar-refractivity contribution in [2.24, 2.45) is 0 Å². The SMILES string of the molecule is CCOC(=O)c1nc2c(s1)CC(C)c1ccccc1-2. The number of rotatable bonds is 2. The Balaban J connectivity index is 2.07. The van der Waals surface area contributed by atoms with E-state index in [9.17, 15) is 4.79 Å². The minimum absolute atomic E-state index is 0.313. The molecule has 0 N–H and O–H groups in total. The zero-order chi connectivity index (χ0) is 13.4. The molecular formula is C15H15NO2S. The van der Waals surface area contributed by atoms with Crippen molar-refractivity contribution >= 4 is 17.3 Å². The molecule has 1 aromatic carbocycles. The maximum absolute atomic E-state index is 11.8. The van der Waals surface area contributed by atoms with Gasteiger partial charge in [0, 0.05) is 10.4 Å². The first-order chi connectivity index (χ1) is 9.20. The van der Waals surface area contributed by atoms with Crippen LogP contribution in [0.1, 0.15) is 40.0 Å². The molecule has 1 unspecified atom stereocenters. The molecule has 3 rings (SSSR count). The van der Waals surface area contributed by atoms with E-state index in [1.165, 1.54) is 21.8 Å². The molecule has 0 saturated heterocycles. The van der Waals surface area contributed by atoms with Crippen LogP contribution in [0.25, 0.3) is 11.3 Å². The van der Waals surface area contributed by atoms with Gasteiger partial charge in [-0.15, -0.1) is 11.3 Å². The van der Waals surface area contributed by atoms with E-state index in [0.29, 0.717) is 17.5 Å². The van der Waals surface area contributed by atoms with Gasteiger partial charge in [-0.2, -0.15) is 0 Å². The Labute approximate surface area is 116 Å². The van der Waals surface area contributed by atoms with Gasteiger partial charge in [-0.05, 0) is 24.8 Å². The number of thiazole rings is 1. The average Bonchev–Trinajstić information content (AvgIpc) is 2.83. The molecule has 0 bridgehead atoms. The standard InChI is InChI=1S/C15H15NO2S/c1-3-18-15(17)14-16-13-11-7-5-4-6-10(11)9(2)8-12(13)19-14/h4-7,9H,3,8H2,1-2H3. The summed E-state index contributed by atoms with van der Waals surface area (Å²) in [6.45, 7) is 4.41. The van der Waals surface area contributed by atoms with Crippen LogP contribution in [0.3, 0.4) is 0 Å². The number of esters is 1. The molecule has 1 heterocycles. The number of hydrogen-bond donors (Lipinski definition) is 0. The van der Waals surface area contributed by atoms with Gasteiger partial charge in [-0.3, -0.25) is 0 Å². The molecule has 4 heteroatoms. The minimum atomic E-state index is -0.313. The second-order valence-electron chi connectivity index (χ2n) is 4.70. The van der Waals surface area contributed by atoms with Crippen LogP contribution in [-0.4, -0.2) is 17.6 Å². The van der Waals surface area contributed by atoms with Crippen molar-refractivity contribution in [3.05, 3.63) is 39.7 Å². The monoisotopic (exact) mass is 273 g/mol. The first-order valence-electron chi connectivity index (χ1n) is 6.46. The van der Waals surface area contributed by atoms with Crippen molar-refractivity contribution in [2.75, 3.05) is 6.61 Å². The zero-order valence-corrected chi connectivity index (χ0v) is 11.8. The molecule has 0 fully saturated rings. The molecule has 1 atom stereocenters. The third-order valence-electron chi connectivity index (χ3n) is 3.39. The number of fused-ring (bicyclic) bond motifs is 3. The Morgan fingerprint density at radius 3 is 3.05 bits per heavy atom. The van der Waals surface area contributed by atoms with Crippen LogP contribution in [0.2, 0.25) is 0 Å². The molecule has 19 heavy (non-hydrogen) atoms. The highest BCUT2D eigenvalue weighted by atomic mass is 32.1. The molecule has 0 aliphatic heterocycles. The van der Waals surface area contributed by atoms with E-state index in [4.69, 9.17) is 4.74 Å². The van der Waals surface area contributed by atoms with Gasteiger partial charge >= 0.3 is 5.97 Å². The Morgan fingerprint density at radius 1 is 1.47 bits per heavy atom. The van der Waals surface area contributed by atoms with Crippen molar-refractivity contribution in [1.29, 1.82) is 0 Å². The van der Waals surface area contributed by atoms with Crippen LogP contribution in [0.15, 0.2) is 24.3 Å². The van der Waals surface area contributed by atoms with Gasteiger partial charge in [0.25, 0.3) is 0 Å². The van der Waals surface area contributed by atoms with Gasteiger partial charge < -0.3 is 4.74 Å². The van der Waals surface area contributed by atoms with Crippen LogP contribution in [-0.2, 0) is 11.2 Å². The average molecular weight is 273 g/mol. The fourth-order valence-corrected chi connectivity index (χ4v) is 3.61. The van der Waals surface area contributed by atoms with Crippen LogP contribution < -0.4 is 0 Å². The lowest BCUT2D eigenvalue weighted by Gasteiger charge is -2.20. The molecule has 0 saturated carbocycles. The van der Waals surface area contributed by atoms with Crippen LogP contribution in [0, 0.1) is 0 Å². The Bertz CT molecular complexity index is 633. The molecule has 98 valence electrons. The summed E-state index contributed by atoms with van der Waals surface area (Å²) in [5.74, 6) is 0.159. The van der Waals surface area contributed by atoms with Gasteiger partial charge in [-0.25, -0.2) is 9.78 Å². The van der Waals surface area contributed by atoms with Crippen molar-refractivity contribution in [2.45, 2.75) is 26.2 Å². The van der Waals surface area contributed by atoms with Gasteiger partial charge in [0.05, 0.1) is 12.3 Å². The number of carbonyl (C=O) groups is 1. The third-order valence-corrected chi connectivity index (χ3v) is 4.44. The highest BCUT2D eigenvalue weighted by Crippen LogP contribution is 2.41. The lowest BCUT2D eigenvalue weighted by molar-refractivity contribution is 0.0526. The topological polar surface area (TPSA) is 39.2 Å². The van der Waals surface area contributed by atoms with Gasteiger partial charge in [0.15, 0.2) is 0 Å². The van der Waals surface area contributed by atoms with Gasteiger partial charge in [0.1, 0.15) is 0 Å². The highest BCUT2D eigenvalue weighted by molar-refractivity contribution is 7.14. The van der Waals surface area contributed by atoms with Crippen molar-refractivity contribution < 1.29 is 9.53 Å². The van der Waals surface area contributed by atoms with Crippen LogP contribution in [0.5, 0.6) is 0 Å². The van der Waals surface area contributed by atoms with Crippen LogP contribution in [0.4, 0.5) is 0 Å². The lowest BCUT2D eigenvalue weighted by atomic mass is 9.86. The summed E-state index contributed by atoms with van der Waals surface area (Å²) in [4.78, 5) is 17.5. The number of nitrogens with zero attached hydrogens (tertiary/aromatic N) is 1. The van der Waals surface area contributed by atoms with Crippen LogP contribution >= 0.6 is 11.3 Å². The summed E-state index contributed by atoms with van der Waals surface area (Å²) < 4.78 is 5.03. The fraction of sp³-hybridized carbons (Fsp3) is 0.333. The largest absolute Gasteiger partial charge is 0.461 e. The third kappa shape index (κ3) is 2.06. The van der Waals surface area contributed by atoms with Gasteiger partial charge in [0.2, 0.25) is 5.01 Å². The van der Waals surface area contributed by atoms with Crippen molar-refractivity contribution in [3.8, 4) is 11.3 Å². The Hall–Kier alpha value is -1.68. The fourth-order valence-electron chi connectivity index (χ4n) is 2.51. The number of hydrogen-bond acceptors (Lipinski definition) is 4. The number of carbonyl (C=O) groups excluding carboxylic acids is 1. The summed E-state index contributed by atoms with van der Waals surface area (Å²) in [5.41, 5.74) is 3.43. The number of benzene rings is 1. The number of aromatic nitrogens is 1. The maximum Gasteiger partial charge on any atom is 0.367 e. The second kappa shape index (κ2) is 4.78. The maximum atomic E-state index is 11.8. The Morgan fingerprint density at radius 2 is 2.26 bits per heavy atom. The first kappa shape index (κ1) is 12.4. The summed E-state index contributed by atoms with van der Waals surface area (Å²) >= 11 is 1.47. The molecule has 0 radical (unpaired) electrons. The van der Waals surface area contributed by atoms with Crippen molar-refractivity contribution in [3.63, 3.8) is 0 Å². The van der Waals surface area contributed by atoms with E-state index in [2.05, 4.69) is 30.1 Å². The molecule has 0 amide bonds.